The molecule has 0 aliphatic heterocycles. The summed E-state index contributed by atoms with van der Waals surface area (Å²) in [5.74, 6) is -3.86. The fourth-order valence-electron chi connectivity index (χ4n) is 3.33. The molecule has 24 heavy (non-hydrogen) atoms. The summed E-state index contributed by atoms with van der Waals surface area (Å²) >= 11 is 0. The molecule has 1 aromatic carbocycles. The summed E-state index contributed by atoms with van der Waals surface area (Å²) in [4.78, 5) is 12.3. The normalized spacial score (nSPS) is 22.0. The molecule has 1 aliphatic carbocycles. The van der Waals surface area contributed by atoms with Gasteiger partial charge < -0.3 is 4.74 Å². The molecule has 2 atom stereocenters. The standard InChI is InChI=1S/C19H23F3O2/c1-6-8-13-14(19(13,4)5)18(23)24-9-12-11(7-2)15(20)10(3)16(21)17(12)22/h6,8,13-14H,7,9H2,1-5H3/b8-6-/t13-,14+/m1/s1. The molecular formula is C19H23F3O2. The molecule has 0 aromatic heterocycles. The summed E-state index contributed by atoms with van der Waals surface area (Å²) in [6.07, 6.45) is 4.00. The van der Waals surface area contributed by atoms with Crippen LogP contribution in [0.15, 0.2) is 12.2 Å². The summed E-state index contributed by atoms with van der Waals surface area (Å²) < 4.78 is 47.3. The van der Waals surface area contributed by atoms with Crippen LogP contribution < -0.4 is 0 Å². The van der Waals surface area contributed by atoms with Gasteiger partial charge in [-0.1, -0.05) is 32.9 Å². The minimum Gasteiger partial charge on any atom is -0.460 e. The zero-order valence-corrected chi connectivity index (χ0v) is 14.7. The molecule has 1 aliphatic rings. The van der Waals surface area contributed by atoms with Gasteiger partial charge in [-0.15, -0.1) is 0 Å². The van der Waals surface area contributed by atoms with Gasteiger partial charge in [-0.2, -0.15) is 0 Å². The zero-order valence-electron chi connectivity index (χ0n) is 14.7. The van der Waals surface area contributed by atoms with Gasteiger partial charge in [0, 0.05) is 11.1 Å². The highest BCUT2D eigenvalue weighted by atomic mass is 19.2. The Morgan fingerprint density at radius 1 is 1.17 bits per heavy atom. The van der Waals surface area contributed by atoms with Gasteiger partial charge >= 0.3 is 5.97 Å². The van der Waals surface area contributed by atoms with Gasteiger partial charge in [0.25, 0.3) is 0 Å². The van der Waals surface area contributed by atoms with Crippen molar-refractivity contribution in [3.05, 3.63) is 46.3 Å². The van der Waals surface area contributed by atoms with Crippen molar-refractivity contribution < 1.29 is 22.7 Å². The zero-order chi connectivity index (χ0) is 18.2. The first-order valence-corrected chi connectivity index (χ1v) is 8.12. The van der Waals surface area contributed by atoms with Crippen molar-refractivity contribution >= 4 is 5.97 Å². The lowest BCUT2D eigenvalue weighted by Crippen LogP contribution is -2.14. The Balaban J connectivity index is 2.20. The summed E-state index contributed by atoms with van der Waals surface area (Å²) in [7, 11) is 0. The lowest BCUT2D eigenvalue weighted by molar-refractivity contribution is -0.147. The second-order valence-electron chi connectivity index (χ2n) is 6.84. The Hall–Kier alpha value is -1.78. The predicted molar refractivity (Wildman–Crippen MR) is 85.8 cm³/mol. The second-order valence-corrected chi connectivity index (χ2v) is 6.84. The molecule has 0 N–H and O–H groups in total. The number of carbonyl (C=O) groups excluding carboxylic acids is 1. The number of allylic oxidation sites excluding steroid dienone is 2. The van der Waals surface area contributed by atoms with Crippen molar-refractivity contribution in [3.8, 4) is 0 Å². The number of hydrogen-bond acceptors (Lipinski definition) is 2. The van der Waals surface area contributed by atoms with Gasteiger partial charge in [-0.25, -0.2) is 13.2 Å². The molecule has 132 valence electrons. The fourth-order valence-corrected chi connectivity index (χ4v) is 3.33. The number of ether oxygens (including phenoxy) is 1. The maximum absolute atomic E-state index is 14.2. The molecule has 1 aromatic rings. The van der Waals surface area contributed by atoms with Crippen LogP contribution in [0.3, 0.4) is 0 Å². The van der Waals surface area contributed by atoms with Crippen molar-refractivity contribution in [1.82, 2.24) is 0 Å². The van der Waals surface area contributed by atoms with Crippen LogP contribution >= 0.6 is 0 Å². The molecule has 0 radical (unpaired) electrons. The van der Waals surface area contributed by atoms with Crippen LogP contribution in [0.4, 0.5) is 13.2 Å². The van der Waals surface area contributed by atoms with Gasteiger partial charge in [0.15, 0.2) is 11.6 Å². The van der Waals surface area contributed by atoms with E-state index in [9.17, 15) is 18.0 Å². The highest BCUT2D eigenvalue weighted by Crippen LogP contribution is 2.59. The average molecular weight is 340 g/mol. The summed E-state index contributed by atoms with van der Waals surface area (Å²) in [5, 5.41) is 0. The Labute approximate surface area is 140 Å². The molecular weight excluding hydrogens is 317 g/mol. The Kier molecular flexibility index (Phi) is 5.11. The first kappa shape index (κ1) is 18.6. The number of benzene rings is 1. The fraction of sp³-hybridized carbons (Fsp3) is 0.526. The minimum atomic E-state index is -1.23. The van der Waals surface area contributed by atoms with Crippen LogP contribution in [0, 0.1) is 41.6 Å². The quantitative estimate of drug-likeness (QED) is 0.434. The van der Waals surface area contributed by atoms with Crippen LogP contribution in [0.5, 0.6) is 0 Å². The van der Waals surface area contributed by atoms with Crippen LogP contribution in [-0.4, -0.2) is 5.97 Å². The van der Waals surface area contributed by atoms with E-state index in [4.69, 9.17) is 4.74 Å². The van der Waals surface area contributed by atoms with Gasteiger partial charge in [0.05, 0.1) is 5.92 Å². The second kappa shape index (κ2) is 6.61. The highest BCUT2D eigenvalue weighted by molar-refractivity contribution is 5.78. The molecule has 2 nitrogen and oxygen atoms in total. The molecule has 0 heterocycles. The lowest BCUT2D eigenvalue weighted by Gasteiger charge is -2.14. The summed E-state index contributed by atoms with van der Waals surface area (Å²) in [6.45, 7) is 8.15. The van der Waals surface area contributed by atoms with E-state index in [1.807, 2.05) is 32.9 Å². The lowest BCUT2D eigenvalue weighted by atomic mass is 10.0. The van der Waals surface area contributed by atoms with E-state index in [0.717, 1.165) is 0 Å². The van der Waals surface area contributed by atoms with E-state index < -0.39 is 30.0 Å². The molecule has 2 rings (SSSR count). The highest BCUT2D eigenvalue weighted by Gasteiger charge is 2.61. The van der Waals surface area contributed by atoms with E-state index in [1.165, 1.54) is 6.92 Å². The first-order chi connectivity index (χ1) is 11.2. The van der Waals surface area contributed by atoms with E-state index in [-0.39, 0.29) is 40.4 Å². The van der Waals surface area contributed by atoms with Crippen molar-refractivity contribution in [3.63, 3.8) is 0 Å². The van der Waals surface area contributed by atoms with Gasteiger partial charge in [-0.3, -0.25) is 4.79 Å². The number of esters is 1. The first-order valence-electron chi connectivity index (χ1n) is 8.12. The predicted octanol–water partition coefficient (Wildman–Crippen LogP) is 4.87. The third kappa shape index (κ3) is 2.96. The Morgan fingerprint density at radius 2 is 1.79 bits per heavy atom. The number of hydrogen-bond donors (Lipinski definition) is 0. The van der Waals surface area contributed by atoms with Crippen molar-refractivity contribution in [1.29, 1.82) is 0 Å². The number of halogens is 3. The minimum absolute atomic E-state index is 0.0549. The van der Waals surface area contributed by atoms with Crippen LogP contribution in [0.2, 0.25) is 0 Å². The van der Waals surface area contributed by atoms with Crippen LogP contribution in [0.25, 0.3) is 0 Å². The smallest absolute Gasteiger partial charge is 0.310 e. The topological polar surface area (TPSA) is 26.3 Å². The summed E-state index contributed by atoms with van der Waals surface area (Å²) in [6, 6.07) is 0. The molecule has 0 bridgehead atoms. The monoisotopic (exact) mass is 340 g/mol. The summed E-state index contributed by atoms with van der Waals surface area (Å²) in [5.41, 5.74) is -0.734. The van der Waals surface area contributed by atoms with Crippen molar-refractivity contribution in [2.75, 3.05) is 0 Å². The third-order valence-electron chi connectivity index (χ3n) is 5.02. The number of rotatable bonds is 5. The molecule has 0 spiro atoms. The van der Waals surface area contributed by atoms with E-state index in [1.54, 1.807) is 6.92 Å². The molecule has 0 unspecified atom stereocenters. The molecule has 0 saturated heterocycles. The van der Waals surface area contributed by atoms with Gasteiger partial charge in [0.2, 0.25) is 0 Å². The van der Waals surface area contributed by atoms with Crippen LogP contribution in [0.1, 0.15) is 44.4 Å². The largest absolute Gasteiger partial charge is 0.460 e. The van der Waals surface area contributed by atoms with Gasteiger partial charge in [0.1, 0.15) is 12.4 Å². The van der Waals surface area contributed by atoms with Gasteiger partial charge in [-0.05, 0) is 37.2 Å². The molecule has 0 amide bonds. The Morgan fingerprint density at radius 3 is 2.33 bits per heavy atom. The third-order valence-corrected chi connectivity index (χ3v) is 5.02. The Bertz CT molecular complexity index is 693. The van der Waals surface area contributed by atoms with E-state index in [0.29, 0.717) is 0 Å². The molecule has 1 saturated carbocycles. The molecule has 1 fully saturated rings. The average Bonchev–Trinajstić information content (AvgIpc) is 3.08. The van der Waals surface area contributed by atoms with E-state index in [2.05, 4.69) is 0 Å². The van der Waals surface area contributed by atoms with Crippen molar-refractivity contribution in [2.45, 2.75) is 47.6 Å². The SMILES string of the molecule is C/C=C\[C@@H]1[C@@H](C(=O)OCc2c(F)c(F)c(C)c(F)c2CC)C1(C)C. The van der Waals surface area contributed by atoms with Crippen molar-refractivity contribution in [2.24, 2.45) is 17.3 Å². The maximum atomic E-state index is 14.2. The van der Waals surface area contributed by atoms with E-state index >= 15 is 0 Å². The number of carbonyl (C=O) groups is 1. The maximum Gasteiger partial charge on any atom is 0.310 e. The van der Waals surface area contributed by atoms with Crippen LogP contribution in [-0.2, 0) is 22.6 Å². The molecule has 5 heteroatoms.